The van der Waals surface area contributed by atoms with E-state index < -0.39 is 10.0 Å². The second-order valence-electron chi connectivity index (χ2n) is 5.06. The largest absolute Gasteiger partial charge is 0.508 e. The third kappa shape index (κ3) is 3.27. The van der Waals surface area contributed by atoms with E-state index >= 15 is 0 Å². The van der Waals surface area contributed by atoms with Crippen molar-refractivity contribution in [3.05, 3.63) is 58.5 Å². The Hall–Kier alpha value is -2.58. The molecule has 0 aliphatic carbocycles. The van der Waals surface area contributed by atoms with Crippen molar-refractivity contribution in [2.24, 2.45) is 0 Å². The third-order valence-electron chi connectivity index (χ3n) is 3.48. The summed E-state index contributed by atoms with van der Waals surface area (Å²) in [5.41, 5.74) is 1.25. The van der Waals surface area contributed by atoms with Gasteiger partial charge in [-0.3, -0.25) is 0 Å². The minimum Gasteiger partial charge on any atom is -0.508 e. The zero-order valence-corrected chi connectivity index (χ0v) is 12.9. The van der Waals surface area contributed by atoms with Gasteiger partial charge in [0.15, 0.2) is 0 Å². The lowest BCUT2D eigenvalue weighted by molar-refractivity contribution is 0.467. The van der Waals surface area contributed by atoms with Crippen LogP contribution in [-0.2, 0) is 16.4 Å². The van der Waals surface area contributed by atoms with Crippen LogP contribution in [0, 0.1) is 0 Å². The van der Waals surface area contributed by atoms with Crippen molar-refractivity contribution in [3.8, 4) is 5.75 Å². The van der Waals surface area contributed by atoms with Crippen LogP contribution >= 0.6 is 0 Å². The molecule has 0 radical (unpaired) electrons. The number of benzene rings is 2. The molecule has 2 aromatic carbocycles. The van der Waals surface area contributed by atoms with Gasteiger partial charge in [-0.1, -0.05) is 18.2 Å². The molecule has 1 aromatic heterocycles. The molecule has 0 aliphatic rings. The van der Waals surface area contributed by atoms with Gasteiger partial charge in [0.2, 0.25) is 10.0 Å². The Morgan fingerprint density at radius 3 is 2.57 bits per heavy atom. The van der Waals surface area contributed by atoms with Crippen molar-refractivity contribution in [1.82, 2.24) is 14.7 Å². The summed E-state index contributed by atoms with van der Waals surface area (Å²) in [6.45, 7) is 0.154. The van der Waals surface area contributed by atoms with Gasteiger partial charge in [0.25, 0.3) is 0 Å². The number of para-hydroxylation sites is 1. The van der Waals surface area contributed by atoms with Crippen LogP contribution in [0.2, 0.25) is 0 Å². The summed E-state index contributed by atoms with van der Waals surface area (Å²) >= 11 is 0. The van der Waals surface area contributed by atoms with Crippen LogP contribution in [0.4, 0.5) is 0 Å². The number of nitrogens with one attached hydrogen (secondary N) is 3. The number of phenols is 1. The number of rotatable bonds is 5. The standard InChI is InChI=1S/C15H15N3O4S/c19-14-4-2-1-3-10(14)7-8-16-23(21,22)11-5-6-12-13(9-11)18-15(20)17-12/h1-6,9,16,19H,7-8H2,(H2,17,18,20). The number of sulfonamides is 1. The monoisotopic (exact) mass is 333 g/mol. The highest BCUT2D eigenvalue weighted by molar-refractivity contribution is 7.89. The summed E-state index contributed by atoms with van der Waals surface area (Å²) < 4.78 is 27.0. The van der Waals surface area contributed by atoms with Crippen molar-refractivity contribution in [2.75, 3.05) is 6.54 Å². The number of hydrogen-bond acceptors (Lipinski definition) is 4. The van der Waals surface area contributed by atoms with Crippen LogP contribution in [0.15, 0.2) is 52.2 Å². The molecule has 0 atom stereocenters. The third-order valence-corrected chi connectivity index (χ3v) is 4.93. The van der Waals surface area contributed by atoms with Gasteiger partial charge in [-0.25, -0.2) is 17.9 Å². The summed E-state index contributed by atoms with van der Waals surface area (Å²) in [7, 11) is -3.69. The topological polar surface area (TPSA) is 115 Å². The molecule has 0 aliphatic heterocycles. The van der Waals surface area contributed by atoms with Crippen molar-refractivity contribution >= 4 is 21.1 Å². The highest BCUT2D eigenvalue weighted by atomic mass is 32.2. The zero-order valence-electron chi connectivity index (χ0n) is 12.0. The lowest BCUT2D eigenvalue weighted by atomic mass is 10.1. The lowest BCUT2D eigenvalue weighted by Gasteiger charge is -2.08. The maximum absolute atomic E-state index is 12.3. The van der Waals surface area contributed by atoms with E-state index in [1.54, 1.807) is 24.3 Å². The number of aromatic hydroxyl groups is 1. The Kier molecular flexibility index (Phi) is 3.93. The molecule has 0 unspecified atom stereocenters. The molecule has 7 nitrogen and oxygen atoms in total. The highest BCUT2D eigenvalue weighted by Gasteiger charge is 2.15. The Morgan fingerprint density at radius 1 is 1.04 bits per heavy atom. The van der Waals surface area contributed by atoms with Crippen molar-refractivity contribution < 1.29 is 13.5 Å². The van der Waals surface area contributed by atoms with Crippen molar-refractivity contribution in [3.63, 3.8) is 0 Å². The number of hydrogen-bond donors (Lipinski definition) is 4. The van der Waals surface area contributed by atoms with E-state index in [9.17, 15) is 18.3 Å². The van der Waals surface area contributed by atoms with E-state index in [1.807, 2.05) is 0 Å². The van der Waals surface area contributed by atoms with Gasteiger partial charge in [-0.05, 0) is 36.2 Å². The Bertz CT molecular complexity index is 1000. The fraction of sp³-hybridized carbons (Fsp3) is 0.133. The molecule has 0 amide bonds. The normalized spacial score (nSPS) is 11.8. The van der Waals surface area contributed by atoms with Crippen LogP contribution in [-0.4, -0.2) is 30.0 Å². The molecule has 23 heavy (non-hydrogen) atoms. The minimum absolute atomic E-state index is 0.0672. The van der Waals surface area contributed by atoms with Gasteiger partial charge in [-0.15, -0.1) is 0 Å². The molecular weight excluding hydrogens is 318 g/mol. The number of imidazole rings is 1. The maximum atomic E-state index is 12.3. The van der Waals surface area contributed by atoms with E-state index in [4.69, 9.17) is 0 Å². The number of phenolic OH excluding ortho intramolecular Hbond substituents is 1. The molecule has 4 N–H and O–H groups in total. The molecule has 0 spiro atoms. The SMILES string of the molecule is O=c1[nH]c2ccc(S(=O)(=O)NCCc3ccccc3O)cc2[nH]1. The van der Waals surface area contributed by atoms with Crippen LogP contribution in [0.1, 0.15) is 5.56 Å². The van der Waals surface area contributed by atoms with Gasteiger partial charge in [0.05, 0.1) is 15.9 Å². The van der Waals surface area contributed by atoms with E-state index in [2.05, 4.69) is 14.7 Å². The van der Waals surface area contributed by atoms with Crippen molar-refractivity contribution in [1.29, 1.82) is 0 Å². The summed E-state index contributed by atoms with van der Waals surface area (Å²) in [4.78, 5) is 16.4. The van der Waals surface area contributed by atoms with Gasteiger partial charge in [0.1, 0.15) is 5.75 Å². The quantitative estimate of drug-likeness (QED) is 0.559. The molecule has 0 fully saturated rings. The van der Waals surface area contributed by atoms with Crippen LogP contribution < -0.4 is 10.4 Å². The molecule has 0 saturated heterocycles. The fourth-order valence-corrected chi connectivity index (χ4v) is 3.36. The first-order chi connectivity index (χ1) is 11.0. The van der Waals surface area contributed by atoms with Gasteiger partial charge in [-0.2, -0.15) is 0 Å². The fourth-order valence-electron chi connectivity index (χ4n) is 2.30. The first-order valence-corrected chi connectivity index (χ1v) is 8.42. The second-order valence-corrected chi connectivity index (χ2v) is 6.83. The minimum atomic E-state index is -3.69. The molecule has 3 rings (SSSR count). The van der Waals surface area contributed by atoms with Crippen LogP contribution in [0.3, 0.4) is 0 Å². The molecule has 8 heteroatoms. The predicted molar refractivity (Wildman–Crippen MR) is 85.9 cm³/mol. The molecule has 120 valence electrons. The zero-order chi connectivity index (χ0) is 16.4. The molecule has 3 aromatic rings. The van der Waals surface area contributed by atoms with Gasteiger partial charge < -0.3 is 15.1 Å². The van der Waals surface area contributed by atoms with Crippen LogP contribution in [0.5, 0.6) is 5.75 Å². The average Bonchev–Trinajstić information content (AvgIpc) is 2.88. The summed E-state index contributed by atoms with van der Waals surface area (Å²) in [6.07, 6.45) is 0.370. The second kappa shape index (κ2) is 5.90. The number of H-pyrrole nitrogens is 2. The highest BCUT2D eigenvalue weighted by Crippen LogP contribution is 2.17. The smallest absolute Gasteiger partial charge is 0.323 e. The first kappa shape index (κ1) is 15.3. The van der Waals surface area contributed by atoms with Crippen molar-refractivity contribution in [2.45, 2.75) is 11.3 Å². The molecular formula is C15H15N3O4S. The number of fused-ring (bicyclic) bond motifs is 1. The Balaban J connectivity index is 1.75. The van der Waals surface area contributed by atoms with Gasteiger partial charge in [0, 0.05) is 6.54 Å². The molecule has 0 saturated carbocycles. The Morgan fingerprint density at radius 2 is 1.78 bits per heavy atom. The number of aromatic nitrogens is 2. The first-order valence-electron chi connectivity index (χ1n) is 6.94. The van der Waals surface area contributed by atoms with E-state index in [0.717, 1.165) is 0 Å². The van der Waals surface area contributed by atoms with Gasteiger partial charge >= 0.3 is 5.69 Å². The van der Waals surface area contributed by atoms with E-state index in [1.165, 1.54) is 18.2 Å². The summed E-state index contributed by atoms with van der Waals surface area (Å²) in [5, 5.41) is 9.66. The summed E-state index contributed by atoms with van der Waals surface area (Å²) in [6, 6.07) is 11.1. The lowest BCUT2D eigenvalue weighted by Crippen LogP contribution is -2.26. The van der Waals surface area contributed by atoms with E-state index in [-0.39, 0.29) is 22.9 Å². The maximum Gasteiger partial charge on any atom is 0.323 e. The molecule has 0 bridgehead atoms. The Labute approximate surface area is 132 Å². The van der Waals surface area contributed by atoms with E-state index in [0.29, 0.717) is 23.0 Å². The predicted octanol–water partition coefficient (Wildman–Crippen LogP) is 1.08. The molecule has 1 heterocycles. The average molecular weight is 333 g/mol. The number of aromatic amines is 2. The summed E-state index contributed by atoms with van der Waals surface area (Å²) in [5.74, 6) is 0.137. The van der Waals surface area contributed by atoms with Crippen LogP contribution in [0.25, 0.3) is 11.0 Å².